The van der Waals surface area contributed by atoms with Gasteiger partial charge in [0.25, 0.3) is 0 Å². The fourth-order valence-corrected chi connectivity index (χ4v) is 5.77. The smallest absolute Gasteiger partial charge is 0.238 e. The van der Waals surface area contributed by atoms with E-state index >= 15 is 0 Å². The van der Waals surface area contributed by atoms with E-state index in [9.17, 15) is 19.5 Å². The highest BCUT2D eigenvalue weighted by Gasteiger charge is 2.61. The predicted molar refractivity (Wildman–Crippen MR) is 113 cm³/mol. The second kappa shape index (κ2) is 6.79. The largest absolute Gasteiger partial charge is 0.546 e. The van der Waals surface area contributed by atoms with E-state index in [1.807, 2.05) is 24.3 Å². The Labute approximate surface area is 184 Å². The molecule has 32 heavy (non-hydrogen) atoms. The Bertz CT molecular complexity index is 1170. The third-order valence-corrected chi connectivity index (χ3v) is 6.90. The van der Waals surface area contributed by atoms with Gasteiger partial charge in [-0.1, -0.05) is 48.5 Å². The predicted octanol–water partition coefficient (Wildman–Crippen LogP) is 2.21. The van der Waals surface area contributed by atoms with Crippen molar-refractivity contribution in [1.82, 2.24) is 0 Å². The minimum absolute atomic E-state index is 0.149. The molecule has 2 atom stereocenters. The molecule has 0 spiro atoms. The highest BCUT2D eigenvalue weighted by molar-refractivity contribution is 6.23. The molecule has 158 valence electrons. The first-order valence-corrected chi connectivity index (χ1v) is 10.5. The summed E-state index contributed by atoms with van der Waals surface area (Å²) in [5.41, 5.74) is 4.98. The van der Waals surface area contributed by atoms with Crippen LogP contribution in [0.2, 0.25) is 0 Å². The van der Waals surface area contributed by atoms with Gasteiger partial charge in [0.15, 0.2) is 0 Å². The Morgan fingerprint density at radius 2 is 1.19 bits per heavy atom. The number of benzene rings is 3. The Hall–Kier alpha value is -3.93. The molecule has 0 unspecified atom stereocenters. The number of anilines is 1. The van der Waals surface area contributed by atoms with Crippen molar-refractivity contribution in [2.24, 2.45) is 11.8 Å². The molecule has 3 aliphatic carbocycles. The first-order valence-electron chi connectivity index (χ1n) is 10.5. The maximum Gasteiger partial charge on any atom is 0.238 e. The van der Waals surface area contributed by atoms with Crippen LogP contribution in [0.4, 0.5) is 5.69 Å². The second-order valence-electron chi connectivity index (χ2n) is 8.43. The minimum Gasteiger partial charge on any atom is -0.546 e. The molecule has 4 aliphatic rings. The van der Waals surface area contributed by atoms with E-state index in [-0.39, 0.29) is 23.7 Å². The van der Waals surface area contributed by atoms with Gasteiger partial charge in [0.2, 0.25) is 11.8 Å². The van der Waals surface area contributed by atoms with Gasteiger partial charge in [-0.15, -0.1) is 0 Å². The Kier molecular flexibility index (Phi) is 3.99. The number of hydrogen-bond acceptors (Lipinski definition) is 5. The van der Waals surface area contributed by atoms with Crippen LogP contribution in [0.1, 0.15) is 34.1 Å². The number of imide groups is 1. The van der Waals surface area contributed by atoms with Crippen LogP contribution in [0.3, 0.4) is 0 Å². The molecule has 6 heteroatoms. The van der Waals surface area contributed by atoms with Gasteiger partial charge in [-0.2, -0.15) is 0 Å². The van der Waals surface area contributed by atoms with Gasteiger partial charge in [0.05, 0.1) is 23.5 Å². The van der Waals surface area contributed by atoms with Crippen molar-refractivity contribution in [3.63, 3.8) is 0 Å². The van der Waals surface area contributed by atoms with Crippen molar-refractivity contribution >= 4 is 23.5 Å². The summed E-state index contributed by atoms with van der Waals surface area (Å²) in [6.07, 6.45) is 0. The van der Waals surface area contributed by atoms with Gasteiger partial charge < -0.3 is 14.6 Å². The minimum atomic E-state index is -1.32. The van der Waals surface area contributed by atoms with E-state index in [0.29, 0.717) is 11.4 Å². The lowest BCUT2D eigenvalue weighted by Gasteiger charge is -2.45. The summed E-state index contributed by atoms with van der Waals surface area (Å²) in [7, 11) is 0. The molecular weight excluding hydrogens is 406 g/mol. The quantitative estimate of drug-likeness (QED) is 0.600. The zero-order valence-corrected chi connectivity index (χ0v) is 16.9. The van der Waals surface area contributed by atoms with E-state index in [1.54, 1.807) is 24.3 Å². The van der Waals surface area contributed by atoms with Crippen molar-refractivity contribution in [3.8, 4) is 5.75 Å². The summed E-state index contributed by atoms with van der Waals surface area (Å²) >= 11 is 0. The van der Waals surface area contributed by atoms with Crippen LogP contribution in [0.15, 0.2) is 72.8 Å². The van der Waals surface area contributed by atoms with Gasteiger partial charge in [-0.25, -0.2) is 4.90 Å². The number of nitrogens with zero attached hydrogens (tertiary/aromatic N) is 1. The summed E-state index contributed by atoms with van der Waals surface area (Å²) in [6.45, 7) is -0.565. The molecule has 0 radical (unpaired) electrons. The Balaban J connectivity index is 1.41. The summed E-state index contributed by atoms with van der Waals surface area (Å²) in [4.78, 5) is 39.2. The van der Waals surface area contributed by atoms with Crippen molar-refractivity contribution in [1.29, 1.82) is 0 Å². The standard InChI is InChI=1S/C26H19NO5/c28-20(29)13-32-15-11-9-14(10-12-15)27-25(30)23-21-16-5-1-2-6-17(16)22(24(23)26(27)31)19-8-4-3-7-18(19)21/h1-12,21-24H,13H2,(H,28,29)/p-1/t21?,22?,23-,24-/m1/s1. The second-order valence-corrected chi connectivity index (χ2v) is 8.43. The fourth-order valence-electron chi connectivity index (χ4n) is 5.77. The monoisotopic (exact) mass is 424 g/mol. The molecule has 0 aromatic heterocycles. The van der Waals surface area contributed by atoms with E-state index in [2.05, 4.69) is 24.3 Å². The molecule has 1 heterocycles. The first kappa shape index (κ1) is 18.8. The van der Waals surface area contributed by atoms with Crippen LogP contribution in [-0.2, 0) is 14.4 Å². The van der Waals surface area contributed by atoms with Crippen LogP contribution < -0.4 is 14.7 Å². The van der Waals surface area contributed by atoms with Gasteiger partial charge >= 0.3 is 0 Å². The van der Waals surface area contributed by atoms with Crippen LogP contribution >= 0.6 is 0 Å². The maximum absolute atomic E-state index is 13.6. The Morgan fingerprint density at radius 1 is 0.750 bits per heavy atom. The SMILES string of the molecule is O=C([O-])COc1ccc(N2C(=O)[C@@H]3C4c5ccccc5C(c5ccccc54)[C@H]3C2=O)cc1. The molecule has 1 saturated heterocycles. The summed E-state index contributed by atoms with van der Waals surface area (Å²) in [6, 6.07) is 22.6. The summed E-state index contributed by atoms with van der Waals surface area (Å²) in [5, 5.41) is 10.6. The van der Waals surface area contributed by atoms with E-state index < -0.39 is 24.4 Å². The van der Waals surface area contributed by atoms with E-state index in [4.69, 9.17) is 4.74 Å². The highest BCUT2D eigenvalue weighted by Crippen LogP contribution is 2.61. The van der Waals surface area contributed by atoms with Crippen LogP contribution in [0.5, 0.6) is 5.75 Å². The molecule has 1 fully saturated rings. The lowest BCUT2D eigenvalue weighted by atomic mass is 9.55. The van der Waals surface area contributed by atoms with Crippen LogP contribution in [0.25, 0.3) is 0 Å². The molecular formula is C26H18NO5-. The van der Waals surface area contributed by atoms with E-state index in [0.717, 1.165) is 22.3 Å². The van der Waals surface area contributed by atoms with Crippen molar-refractivity contribution < 1.29 is 24.2 Å². The number of carboxylic acids is 1. The number of amides is 2. The first-order chi connectivity index (χ1) is 15.6. The number of carbonyl (C=O) groups is 3. The number of hydrogen-bond donors (Lipinski definition) is 0. The summed E-state index contributed by atoms with van der Waals surface area (Å²) in [5.74, 6) is -2.55. The third-order valence-electron chi connectivity index (χ3n) is 6.90. The van der Waals surface area contributed by atoms with Gasteiger partial charge in [0, 0.05) is 11.8 Å². The number of rotatable bonds is 4. The topological polar surface area (TPSA) is 86.7 Å². The molecule has 1 aliphatic heterocycles. The lowest BCUT2D eigenvalue weighted by Crippen LogP contribution is -2.41. The molecule has 6 nitrogen and oxygen atoms in total. The van der Waals surface area contributed by atoms with Crippen molar-refractivity contribution in [2.45, 2.75) is 11.8 Å². The number of carboxylic acid groups (broad SMARTS) is 1. The third kappa shape index (κ3) is 2.49. The maximum atomic E-state index is 13.6. The van der Waals surface area contributed by atoms with E-state index in [1.165, 1.54) is 4.90 Å². The van der Waals surface area contributed by atoms with Crippen molar-refractivity contribution in [2.75, 3.05) is 11.5 Å². The molecule has 3 aromatic rings. The summed E-state index contributed by atoms with van der Waals surface area (Å²) < 4.78 is 5.11. The number of aliphatic carboxylic acids is 1. The highest BCUT2D eigenvalue weighted by atomic mass is 16.5. The van der Waals surface area contributed by atoms with Crippen molar-refractivity contribution in [3.05, 3.63) is 95.1 Å². The van der Waals surface area contributed by atoms with Gasteiger partial charge in [0.1, 0.15) is 12.4 Å². The number of ether oxygens (including phenoxy) is 1. The lowest BCUT2D eigenvalue weighted by molar-refractivity contribution is -0.307. The molecule has 2 amide bonds. The zero-order valence-electron chi connectivity index (χ0n) is 16.9. The van der Waals surface area contributed by atoms with Crippen LogP contribution in [0, 0.1) is 11.8 Å². The average molecular weight is 424 g/mol. The molecule has 0 N–H and O–H groups in total. The molecule has 0 saturated carbocycles. The fraction of sp³-hybridized carbons (Fsp3) is 0.192. The molecule has 3 aromatic carbocycles. The van der Waals surface area contributed by atoms with Gasteiger partial charge in [-0.05, 0) is 46.5 Å². The average Bonchev–Trinajstić information content (AvgIpc) is 3.09. The normalized spacial score (nSPS) is 24.7. The Morgan fingerprint density at radius 3 is 1.59 bits per heavy atom. The molecule has 7 rings (SSSR count). The van der Waals surface area contributed by atoms with Gasteiger partial charge in [-0.3, -0.25) is 9.59 Å². The number of carbonyl (C=O) groups excluding carboxylic acids is 3. The zero-order chi connectivity index (χ0) is 22.0. The molecule has 2 bridgehead atoms. The van der Waals surface area contributed by atoms with Crippen LogP contribution in [-0.4, -0.2) is 24.4 Å².